The van der Waals surface area contributed by atoms with E-state index in [1.165, 1.54) is 18.4 Å². The summed E-state index contributed by atoms with van der Waals surface area (Å²) in [6.45, 7) is 2.14. The highest BCUT2D eigenvalue weighted by atomic mass is 16.2. The van der Waals surface area contributed by atoms with Crippen molar-refractivity contribution < 1.29 is 4.79 Å². The van der Waals surface area contributed by atoms with Gasteiger partial charge < -0.3 is 4.90 Å². The Bertz CT molecular complexity index is 988. The van der Waals surface area contributed by atoms with E-state index in [0.29, 0.717) is 11.6 Å². The molecule has 1 atom stereocenters. The van der Waals surface area contributed by atoms with Crippen LogP contribution in [-0.4, -0.2) is 21.7 Å². The molecule has 0 radical (unpaired) electrons. The lowest BCUT2D eigenvalue weighted by atomic mass is 9.96. The SMILES string of the molecule is C[C@H]1CCc2ccccc2N1C(=O)c1cc(C2CC2)nn1-c1ccccc1. The van der Waals surface area contributed by atoms with Gasteiger partial charge in [-0.1, -0.05) is 36.4 Å². The van der Waals surface area contributed by atoms with Crippen molar-refractivity contribution in [3.63, 3.8) is 0 Å². The number of carbonyl (C=O) groups excluding carboxylic acids is 1. The van der Waals surface area contributed by atoms with Crippen LogP contribution in [0, 0.1) is 0 Å². The zero-order chi connectivity index (χ0) is 18.4. The number of hydrogen-bond donors (Lipinski definition) is 0. The second-order valence-electron chi connectivity index (χ2n) is 7.67. The molecule has 4 heteroatoms. The summed E-state index contributed by atoms with van der Waals surface area (Å²) in [6.07, 6.45) is 4.34. The minimum absolute atomic E-state index is 0.0397. The Labute approximate surface area is 159 Å². The maximum Gasteiger partial charge on any atom is 0.277 e. The predicted octanol–water partition coefficient (Wildman–Crippen LogP) is 4.73. The average Bonchev–Trinajstić information content (AvgIpc) is 3.46. The lowest BCUT2D eigenvalue weighted by Gasteiger charge is -2.35. The van der Waals surface area contributed by atoms with Crippen molar-refractivity contribution >= 4 is 11.6 Å². The number of carbonyl (C=O) groups is 1. The number of fused-ring (bicyclic) bond motifs is 1. The summed E-state index contributed by atoms with van der Waals surface area (Å²) in [4.78, 5) is 15.7. The third-order valence-corrected chi connectivity index (χ3v) is 5.69. The molecule has 3 aromatic rings. The zero-order valence-electron chi connectivity index (χ0n) is 15.5. The van der Waals surface area contributed by atoms with E-state index < -0.39 is 0 Å². The van der Waals surface area contributed by atoms with Crippen molar-refractivity contribution in [2.75, 3.05) is 4.90 Å². The minimum Gasteiger partial charge on any atom is -0.304 e. The molecule has 1 aromatic heterocycles. The molecule has 4 nitrogen and oxygen atoms in total. The van der Waals surface area contributed by atoms with Crippen LogP contribution < -0.4 is 4.90 Å². The lowest BCUT2D eigenvalue weighted by Crippen LogP contribution is -2.42. The van der Waals surface area contributed by atoms with Gasteiger partial charge in [0.05, 0.1) is 11.4 Å². The van der Waals surface area contributed by atoms with Crippen LogP contribution in [0.2, 0.25) is 0 Å². The topological polar surface area (TPSA) is 38.1 Å². The van der Waals surface area contributed by atoms with Gasteiger partial charge in [0.15, 0.2) is 0 Å². The van der Waals surface area contributed by atoms with E-state index in [-0.39, 0.29) is 11.9 Å². The number of aromatic nitrogens is 2. The molecule has 0 spiro atoms. The highest BCUT2D eigenvalue weighted by Gasteiger charge is 2.33. The second kappa shape index (κ2) is 6.38. The third kappa shape index (κ3) is 2.85. The van der Waals surface area contributed by atoms with Crippen LogP contribution in [-0.2, 0) is 6.42 Å². The Kier molecular flexibility index (Phi) is 3.85. The van der Waals surface area contributed by atoms with Crippen LogP contribution in [0.3, 0.4) is 0 Å². The monoisotopic (exact) mass is 357 g/mol. The fourth-order valence-corrected chi connectivity index (χ4v) is 4.02. The quantitative estimate of drug-likeness (QED) is 0.679. The molecule has 2 aromatic carbocycles. The zero-order valence-corrected chi connectivity index (χ0v) is 15.5. The first-order chi connectivity index (χ1) is 13.2. The fraction of sp³-hybridized carbons (Fsp3) is 0.304. The lowest BCUT2D eigenvalue weighted by molar-refractivity contribution is 0.0967. The molecule has 0 saturated heterocycles. The average molecular weight is 357 g/mol. The number of rotatable bonds is 3. The molecule has 1 aliphatic carbocycles. The van der Waals surface area contributed by atoms with Crippen molar-refractivity contribution in [1.82, 2.24) is 9.78 Å². The van der Waals surface area contributed by atoms with Gasteiger partial charge in [0.25, 0.3) is 5.91 Å². The molecule has 0 unspecified atom stereocenters. The van der Waals surface area contributed by atoms with Crippen LogP contribution in [0.5, 0.6) is 0 Å². The highest BCUT2D eigenvalue weighted by molar-refractivity contribution is 6.06. The summed E-state index contributed by atoms with van der Waals surface area (Å²) in [7, 11) is 0. The molecule has 136 valence electrons. The van der Waals surface area contributed by atoms with E-state index in [9.17, 15) is 4.79 Å². The largest absolute Gasteiger partial charge is 0.304 e. The van der Waals surface area contributed by atoms with Crippen LogP contribution in [0.25, 0.3) is 5.69 Å². The van der Waals surface area contributed by atoms with Gasteiger partial charge in [0.1, 0.15) is 5.69 Å². The smallest absolute Gasteiger partial charge is 0.277 e. The van der Waals surface area contributed by atoms with Crippen molar-refractivity contribution in [1.29, 1.82) is 0 Å². The fourth-order valence-electron chi connectivity index (χ4n) is 4.02. The van der Waals surface area contributed by atoms with Crippen LogP contribution in [0.4, 0.5) is 5.69 Å². The molecular formula is C23H23N3O. The van der Waals surface area contributed by atoms with Crippen LogP contribution >= 0.6 is 0 Å². The summed E-state index contributed by atoms with van der Waals surface area (Å²) < 4.78 is 1.83. The third-order valence-electron chi connectivity index (χ3n) is 5.69. The number of benzene rings is 2. The molecule has 1 amide bonds. The first kappa shape index (κ1) is 16.3. The van der Waals surface area contributed by atoms with Crippen molar-refractivity contribution in [3.8, 4) is 5.69 Å². The number of hydrogen-bond acceptors (Lipinski definition) is 2. The van der Waals surface area contributed by atoms with E-state index in [4.69, 9.17) is 5.10 Å². The van der Waals surface area contributed by atoms with Gasteiger partial charge in [0, 0.05) is 17.6 Å². The first-order valence-electron chi connectivity index (χ1n) is 9.79. The van der Waals surface area contributed by atoms with Crippen LogP contribution in [0.15, 0.2) is 60.7 Å². The van der Waals surface area contributed by atoms with E-state index in [0.717, 1.165) is 29.9 Å². The standard InChI is InChI=1S/C23H23N3O/c1-16-11-12-18-7-5-6-10-21(18)25(16)23(27)22-15-20(17-13-14-17)24-26(22)19-8-3-2-4-9-19/h2-10,15-17H,11-14H2,1H3/t16-/m0/s1. The number of aryl methyl sites for hydroxylation is 1. The van der Waals surface area contributed by atoms with Crippen molar-refractivity contribution in [2.24, 2.45) is 0 Å². The highest BCUT2D eigenvalue weighted by Crippen LogP contribution is 2.40. The van der Waals surface area contributed by atoms with Gasteiger partial charge in [-0.2, -0.15) is 5.10 Å². The first-order valence-corrected chi connectivity index (χ1v) is 9.79. The Morgan fingerprint density at radius 2 is 1.74 bits per heavy atom. The minimum atomic E-state index is 0.0397. The molecule has 0 bridgehead atoms. The molecule has 0 N–H and O–H groups in total. The Hall–Kier alpha value is -2.88. The van der Waals surface area contributed by atoms with E-state index in [1.54, 1.807) is 0 Å². The summed E-state index contributed by atoms with van der Waals surface area (Å²) in [5, 5.41) is 4.81. The summed E-state index contributed by atoms with van der Waals surface area (Å²) in [5.41, 5.74) is 4.92. The molecule has 1 aliphatic heterocycles. The van der Waals surface area contributed by atoms with Gasteiger partial charge in [-0.15, -0.1) is 0 Å². The number of para-hydroxylation sites is 2. The molecule has 2 heterocycles. The van der Waals surface area contributed by atoms with Gasteiger partial charge >= 0.3 is 0 Å². The summed E-state index contributed by atoms with van der Waals surface area (Å²) in [5.74, 6) is 0.547. The van der Waals surface area contributed by atoms with Crippen LogP contribution in [0.1, 0.15) is 53.8 Å². The summed E-state index contributed by atoms with van der Waals surface area (Å²) in [6, 6.07) is 20.4. The number of amides is 1. The Morgan fingerprint density at radius 3 is 2.52 bits per heavy atom. The second-order valence-corrected chi connectivity index (χ2v) is 7.67. The molecule has 27 heavy (non-hydrogen) atoms. The predicted molar refractivity (Wildman–Crippen MR) is 107 cm³/mol. The molecule has 1 saturated carbocycles. The molecule has 1 fully saturated rings. The molecular weight excluding hydrogens is 334 g/mol. The van der Waals surface area contributed by atoms with Gasteiger partial charge in [-0.25, -0.2) is 4.68 Å². The van der Waals surface area contributed by atoms with E-state index in [1.807, 2.05) is 52.0 Å². The van der Waals surface area contributed by atoms with E-state index in [2.05, 4.69) is 25.1 Å². The number of anilines is 1. The number of nitrogens with zero attached hydrogens (tertiary/aromatic N) is 3. The van der Waals surface area contributed by atoms with Crippen molar-refractivity contribution in [3.05, 3.63) is 77.6 Å². The van der Waals surface area contributed by atoms with Gasteiger partial charge in [-0.05, 0) is 62.4 Å². The maximum atomic E-state index is 13.7. The Morgan fingerprint density at radius 1 is 1.00 bits per heavy atom. The normalized spacial score (nSPS) is 19.0. The van der Waals surface area contributed by atoms with Crippen molar-refractivity contribution in [2.45, 2.75) is 44.6 Å². The molecule has 2 aliphatic rings. The van der Waals surface area contributed by atoms with E-state index >= 15 is 0 Å². The molecule has 5 rings (SSSR count). The Balaban J connectivity index is 1.61. The maximum absolute atomic E-state index is 13.7. The summed E-state index contributed by atoms with van der Waals surface area (Å²) >= 11 is 0. The van der Waals surface area contributed by atoms with Gasteiger partial charge in [-0.3, -0.25) is 4.79 Å². The van der Waals surface area contributed by atoms with Gasteiger partial charge in [0.2, 0.25) is 0 Å².